The quantitative estimate of drug-likeness (QED) is 0.544. The monoisotopic (exact) mass is 170 g/mol. The number of carbonyl (C=O) groups is 2. The normalized spacial score (nSPS) is 21.9. The van der Waals surface area contributed by atoms with Gasteiger partial charge in [-0.2, -0.15) is 0 Å². The maximum Gasteiger partial charge on any atom is 0.245 e. The molecule has 0 spiro atoms. The minimum absolute atomic E-state index is 0.0464. The molecule has 1 rings (SSSR count). The van der Waals surface area contributed by atoms with Crippen LogP contribution in [0.15, 0.2) is 0 Å². The van der Waals surface area contributed by atoms with Crippen LogP contribution in [-0.4, -0.2) is 35.3 Å². The Kier molecular flexibility index (Phi) is 2.08. The molecule has 0 saturated carbocycles. The molecule has 1 N–H and O–H groups in total. The molecule has 4 heteroatoms. The highest BCUT2D eigenvalue weighted by atomic mass is 16.2. The van der Waals surface area contributed by atoms with E-state index >= 15 is 0 Å². The minimum Gasteiger partial charge on any atom is -0.352 e. The van der Waals surface area contributed by atoms with Gasteiger partial charge in [-0.05, 0) is 13.8 Å². The number of amides is 2. The zero-order valence-electron chi connectivity index (χ0n) is 7.68. The maximum absolute atomic E-state index is 11.3. The van der Waals surface area contributed by atoms with Crippen LogP contribution in [0.25, 0.3) is 0 Å². The van der Waals surface area contributed by atoms with E-state index in [2.05, 4.69) is 5.32 Å². The summed E-state index contributed by atoms with van der Waals surface area (Å²) < 4.78 is 0. The Balaban J connectivity index is 2.86. The zero-order chi connectivity index (χ0) is 9.35. The highest BCUT2D eigenvalue weighted by Crippen LogP contribution is 2.17. The lowest BCUT2D eigenvalue weighted by molar-refractivity contribution is -0.147. The molecule has 0 aromatic heterocycles. The lowest BCUT2D eigenvalue weighted by Gasteiger charge is -2.40. The van der Waals surface area contributed by atoms with E-state index in [4.69, 9.17) is 0 Å². The summed E-state index contributed by atoms with van der Waals surface area (Å²) in [6, 6.07) is 0. The summed E-state index contributed by atoms with van der Waals surface area (Å²) in [6.45, 7) is 6.15. The number of rotatable bonds is 0. The van der Waals surface area contributed by atoms with E-state index in [-0.39, 0.29) is 11.8 Å². The van der Waals surface area contributed by atoms with Crippen molar-refractivity contribution in [2.75, 3.05) is 13.1 Å². The number of hydrogen-bond acceptors (Lipinski definition) is 2. The molecule has 1 aliphatic heterocycles. The zero-order valence-corrected chi connectivity index (χ0v) is 7.68. The molecule has 0 aromatic rings. The van der Waals surface area contributed by atoms with Gasteiger partial charge < -0.3 is 10.2 Å². The minimum atomic E-state index is -0.690. The van der Waals surface area contributed by atoms with Crippen LogP contribution in [0, 0.1) is 0 Å². The van der Waals surface area contributed by atoms with Gasteiger partial charge in [0.2, 0.25) is 11.8 Å². The van der Waals surface area contributed by atoms with Gasteiger partial charge >= 0.3 is 0 Å². The van der Waals surface area contributed by atoms with Crippen LogP contribution < -0.4 is 5.32 Å². The van der Waals surface area contributed by atoms with E-state index in [1.165, 1.54) is 6.92 Å². The van der Waals surface area contributed by atoms with Crippen molar-refractivity contribution in [3.8, 4) is 0 Å². The topological polar surface area (TPSA) is 49.4 Å². The molecule has 0 bridgehead atoms. The second-order valence-corrected chi connectivity index (χ2v) is 3.49. The average Bonchev–Trinajstić information content (AvgIpc) is 1.94. The lowest BCUT2D eigenvalue weighted by atomic mass is 9.99. The van der Waals surface area contributed by atoms with Crippen LogP contribution in [0.2, 0.25) is 0 Å². The average molecular weight is 170 g/mol. The molecular formula is C8H14N2O2. The van der Waals surface area contributed by atoms with E-state index in [0.29, 0.717) is 13.1 Å². The molecule has 1 fully saturated rings. The first-order valence-electron chi connectivity index (χ1n) is 4.03. The van der Waals surface area contributed by atoms with Crippen molar-refractivity contribution in [2.45, 2.75) is 26.3 Å². The fraction of sp³-hybridized carbons (Fsp3) is 0.750. The Hall–Kier alpha value is -1.06. The van der Waals surface area contributed by atoms with Gasteiger partial charge in [-0.3, -0.25) is 9.59 Å². The number of piperazine rings is 1. The molecule has 0 radical (unpaired) electrons. The van der Waals surface area contributed by atoms with Crippen molar-refractivity contribution in [3.63, 3.8) is 0 Å². The van der Waals surface area contributed by atoms with E-state index in [0.717, 1.165) is 0 Å². The SMILES string of the molecule is CC(=O)N1CCNC(=O)C1(C)C. The van der Waals surface area contributed by atoms with Crippen LogP contribution in [-0.2, 0) is 9.59 Å². The van der Waals surface area contributed by atoms with Crippen LogP contribution in [0.3, 0.4) is 0 Å². The van der Waals surface area contributed by atoms with Crippen molar-refractivity contribution >= 4 is 11.8 Å². The third-order valence-corrected chi connectivity index (χ3v) is 2.23. The standard InChI is InChI=1S/C8H14N2O2/c1-6(11)10-5-4-9-7(12)8(10,2)3/h4-5H2,1-3H3,(H,9,12). The van der Waals surface area contributed by atoms with Crippen molar-refractivity contribution in [1.82, 2.24) is 10.2 Å². The van der Waals surface area contributed by atoms with Gasteiger partial charge in [0.15, 0.2) is 0 Å². The molecular weight excluding hydrogens is 156 g/mol. The molecule has 4 nitrogen and oxygen atoms in total. The molecule has 0 aliphatic carbocycles. The summed E-state index contributed by atoms with van der Waals surface area (Å²) in [5, 5.41) is 2.72. The Morgan fingerprint density at radius 3 is 2.58 bits per heavy atom. The molecule has 0 atom stereocenters. The number of carbonyl (C=O) groups excluding carboxylic acids is 2. The summed E-state index contributed by atoms with van der Waals surface area (Å²) in [5.74, 6) is -0.126. The molecule has 68 valence electrons. The second kappa shape index (κ2) is 2.77. The van der Waals surface area contributed by atoms with E-state index in [9.17, 15) is 9.59 Å². The van der Waals surface area contributed by atoms with Crippen molar-refractivity contribution in [2.24, 2.45) is 0 Å². The Morgan fingerprint density at radius 2 is 2.17 bits per heavy atom. The smallest absolute Gasteiger partial charge is 0.245 e. The molecule has 1 saturated heterocycles. The van der Waals surface area contributed by atoms with Crippen molar-refractivity contribution in [3.05, 3.63) is 0 Å². The van der Waals surface area contributed by atoms with Gasteiger partial charge in [-0.1, -0.05) is 0 Å². The van der Waals surface area contributed by atoms with E-state index < -0.39 is 5.54 Å². The first-order chi connectivity index (χ1) is 5.46. The van der Waals surface area contributed by atoms with Gasteiger partial charge in [-0.25, -0.2) is 0 Å². The first-order valence-corrected chi connectivity index (χ1v) is 4.03. The third-order valence-electron chi connectivity index (χ3n) is 2.23. The Bertz CT molecular complexity index is 223. The molecule has 0 unspecified atom stereocenters. The summed E-state index contributed by atoms with van der Waals surface area (Å²) in [4.78, 5) is 24.0. The Labute approximate surface area is 71.9 Å². The highest BCUT2D eigenvalue weighted by Gasteiger charge is 2.38. The summed E-state index contributed by atoms with van der Waals surface area (Å²) in [5.41, 5.74) is -0.690. The molecule has 12 heavy (non-hydrogen) atoms. The number of nitrogens with zero attached hydrogens (tertiary/aromatic N) is 1. The summed E-state index contributed by atoms with van der Waals surface area (Å²) in [6.07, 6.45) is 0. The largest absolute Gasteiger partial charge is 0.352 e. The number of nitrogens with one attached hydrogen (secondary N) is 1. The van der Waals surface area contributed by atoms with Gasteiger partial charge in [-0.15, -0.1) is 0 Å². The van der Waals surface area contributed by atoms with Gasteiger partial charge in [0, 0.05) is 20.0 Å². The Morgan fingerprint density at radius 1 is 1.58 bits per heavy atom. The predicted octanol–water partition coefficient (Wildman–Crippen LogP) is -0.257. The van der Waals surface area contributed by atoms with Gasteiger partial charge in [0.25, 0.3) is 0 Å². The van der Waals surface area contributed by atoms with E-state index in [1.807, 2.05) is 0 Å². The van der Waals surface area contributed by atoms with Crippen molar-refractivity contribution < 1.29 is 9.59 Å². The first kappa shape index (κ1) is 9.03. The summed E-state index contributed by atoms with van der Waals surface area (Å²) in [7, 11) is 0. The van der Waals surface area contributed by atoms with Crippen LogP contribution in [0.4, 0.5) is 0 Å². The molecule has 2 amide bonds. The number of hydrogen-bond donors (Lipinski definition) is 1. The van der Waals surface area contributed by atoms with Crippen LogP contribution >= 0.6 is 0 Å². The second-order valence-electron chi connectivity index (χ2n) is 3.49. The van der Waals surface area contributed by atoms with Crippen LogP contribution in [0.5, 0.6) is 0 Å². The van der Waals surface area contributed by atoms with Gasteiger partial charge in [0.05, 0.1) is 0 Å². The fourth-order valence-electron chi connectivity index (χ4n) is 1.45. The molecule has 0 aromatic carbocycles. The van der Waals surface area contributed by atoms with Crippen molar-refractivity contribution in [1.29, 1.82) is 0 Å². The fourth-order valence-corrected chi connectivity index (χ4v) is 1.45. The molecule has 1 heterocycles. The van der Waals surface area contributed by atoms with Crippen LogP contribution in [0.1, 0.15) is 20.8 Å². The maximum atomic E-state index is 11.3. The summed E-state index contributed by atoms with van der Waals surface area (Å²) >= 11 is 0. The van der Waals surface area contributed by atoms with Gasteiger partial charge in [0.1, 0.15) is 5.54 Å². The lowest BCUT2D eigenvalue weighted by Crippen LogP contribution is -2.62. The molecule has 1 aliphatic rings. The highest BCUT2D eigenvalue weighted by molar-refractivity contribution is 5.91. The predicted molar refractivity (Wildman–Crippen MR) is 44.5 cm³/mol. The van der Waals surface area contributed by atoms with E-state index in [1.54, 1.807) is 18.7 Å². The third kappa shape index (κ3) is 1.29.